The first-order valence-electron chi connectivity index (χ1n) is 4.94. The molecule has 82 valence electrons. The third-order valence-electron chi connectivity index (χ3n) is 2.77. The van der Waals surface area contributed by atoms with Gasteiger partial charge in [-0.1, -0.05) is 43.4 Å². The number of amides is 1. The maximum Gasteiger partial charge on any atom is 0.137 e. The van der Waals surface area contributed by atoms with Crippen molar-refractivity contribution in [2.24, 2.45) is 5.41 Å². The van der Waals surface area contributed by atoms with Crippen LogP contribution >= 0.6 is 22.6 Å². The van der Waals surface area contributed by atoms with E-state index in [0.717, 1.165) is 12.8 Å². The van der Waals surface area contributed by atoms with Gasteiger partial charge in [-0.25, -0.2) is 0 Å². The number of likely N-dealkylation sites (tertiary alicyclic amines) is 1. The number of hydrogen-bond acceptors (Lipinski definition) is 2. The van der Waals surface area contributed by atoms with Crippen molar-refractivity contribution < 1.29 is 9.90 Å². The first-order valence-corrected chi connectivity index (χ1v) is 6.18. The summed E-state index contributed by atoms with van der Waals surface area (Å²) in [7, 11) is 0. The van der Waals surface area contributed by atoms with E-state index in [0.29, 0.717) is 10.5 Å². The Kier molecular flexibility index (Phi) is 3.66. The molecule has 0 aromatic carbocycles. The van der Waals surface area contributed by atoms with Gasteiger partial charge in [0.15, 0.2) is 0 Å². The molecule has 1 aliphatic heterocycles. The van der Waals surface area contributed by atoms with Crippen LogP contribution < -0.4 is 5.11 Å². The van der Waals surface area contributed by atoms with Crippen molar-refractivity contribution in [3.63, 3.8) is 0 Å². The van der Waals surface area contributed by atoms with Crippen LogP contribution in [-0.2, 0) is 0 Å². The molecule has 0 aromatic rings. The number of piperidine rings is 1. The average molecular weight is 310 g/mol. The highest BCUT2D eigenvalue weighted by atomic mass is 127. The zero-order valence-corrected chi connectivity index (χ0v) is 11.1. The molecule has 4 heteroatoms. The molecule has 0 radical (unpaired) electrons. The van der Waals surface area contributed by atoms with Gasteiger partial charge >= 0.3 is 0 Å². The van der Waals surface area contributed by atoms with E-state index in [2.05, 4.69) is 43.4 Å². The lowest BCUT2D eigenvalue weighted by Gasteiger charge is -2.46. The monoisotopic (exact) mass is 310 g/mol. The zero-order valence-electron chi connectivity index (χ0n) is 8.92. The summed E-state index contributed by atoms with van der Waals surface area (Å²) < 4.78 is 0.590. The van der Waals surface area contributed by atoms with E-state index in [1.807, 2.05) is 0 Å². The number of hydrogen-bond donors (Lipinski definition) is 0. The van der Waals surface area contributed by atoms with E-state index in [1.165, 1.54) is 4.90 Å². The first-order chi connectivity index (χ1) is 6.32. The summed E-state index contributed by atoms with van der Waals surface area (Å²) in [6, 6.07) is 0.100. The van der Waals surface area contributed by atoms with E-state index in [4.69, 9.17) is 0 Å². The SMILES string of the molecule is CC(C)(C)C1CC(I)CCN1C(=O)[O-]. The Labute approximate surface area is 99.0 Å². The van der Waals surface area contributed by atoms with E-state index >= 15 is 0 Å². The van der Waals surface area contributed by atoms with Crippen LogP contribution in [0.2, 0.25) is 0 Å². The topological polar surface area (TPSA) is 43.4 Å². The molecule has 1 fully saturated rings. The predicted molar refractivity (Wildman–Crippen MR) is 62.4 cm³/mol. The molecule has 1 aliphatic rings. The molecule has 2 atom stereocenters. The first kappa shape index (κ1) is 12.1. The molecule has 14 heavy (non-hydrogen) atoms. The number of carboxylic acid groups (broad SMARTS) is 1. The van der Waals surface area contributed by atoms with Gasteiger partial charge in [0.25, 0.3) is 0 Å². The Morgan fingerprint density at radius 1 is 1.50 bits per heavy atom. The Morgan fingerprint density at radius 2 is 2.07 bits per heavy atom. The number of halogens is 1. The molecule has 3 nitrogen and oxygen atoms in total. The average Bonchev–Trinajstić information content (AvgIpc) is 2.01. The van der Waals surface area contributed by atoms with Crippen LogP contribution in [0.25, 0.3) is 0 Å². The summed E-state index contributed by atoms with van der Waals surface area (Å²) in [4.78, 5) is 12.4. The van der Waals surface area contributed by atoms with E-state index in [9.17, 15) is 9.90 Å². The summed E-state index contributed by atoms with van der Waals surface area (Å²) in [5.74, 6) is 0. The molecule has 1 amide bonds. The van der Waals surface area contributed by atoms with Crippen molar-refractivity contribution in [3.05, 3.63) is 0 Å². The second-order valence-electron chi connectivity index (χ2n) is 4.96. The molecule has 0 saturated carbocycles. The van der Waals surface area contributed by atoms with E-state index in [1.54, 1.807) is 0 Å². The van der Waals surface area contributed by atoms with Crippen LogP contribution in [0.4, 0.5) is 4.79 Å². The Balaban J connectivity index is 2.79. The fourth-order valence-corrected chi connectivity index (χ4v) is 2.72. The summed E-state index contributed by atoms with van der Waals surface area (Å²) in [5.41, 5.74) is 0.00388. The summed E-state index contributed by atoms with van der Waals surface area (Å²) >= 11 is 2.41. The largest absolute Gasteiger partial charge is 0.530 e. The second kappa shape index (κ2) is 4.24. The Morgan fingerprint density at radius 3 is 2.50 bits per heavy atom. The molecule has 2 unspecified atom stereocenters. The van der Waals surface area contributed by atoms with Crippen LogP contribution in [0.5, 0.6) is 0 Å². The molecule has 1 heterocycles. The predicted octanol–water partition coefficient (Wildman–Crippen LogP) is 1.64. The van der Waals surface area contributed by atoms with Gasteiger partial charge in [0.1, 0.15) is 6.09 Å². The quantitative estimate of drug-likeness (QED) is 0.504. The van der Waals surface area contributed by atoms with Crippen LogP contribution in [0.3, 0.4) is 0 Å². The smallest absolute Gasteiger partial charge is 0.137 e. The third-order valence-corrected chi connectivity index (χ3v) is 3.90. The molecule has 0 bridgehead atoms. The zero-order chi connectivity index (χ0) is 10.9. The number of alkyl halides is 1. The molecule has 1 rings (SSSR count). The van der Waals surface area contributed by atoms with Crippen LogP contribution in [0, 0.1) is 5.41 Å². The highest BCUT2D eigenvalue weighted by Crippen LogP contribution is 2.34. The molecular formula is C10H17INO2-. The molecular weight excluding hydrogens is 293 g/mol. The lowest BCUT2D eigenvalue weighted by molar-refractivity contribution is -0.271. The van der Waals surface area contributed by atoms with Crippen molar-refractivity contribution in [3.8, 4) is 0 Å². The van der Waals surface area contributed by atoms with Gasteiger partial charge < -0.3 is 14.8 Å². The summed E-state index contributed by atoms with van der Waals surface area (Å²) in [5, 5.41) is 10.9. The molecule has 0 aromatic heterocycles. The fourth-order valence-electron chi connectivity index (χ4n) is 1.96. The van der Waals surface area contributed by atoms with Gasteiger partial charge in [-0.15, -0.1) is 0 Å². The maximum absolute atomic E-state index is 10.9. The van der Waals surface area contributed by atoms with Crippen molar-refractivity contribution in [1.82, 2.24) is 4.90 Å². The number of carbonyl (C=O) groups is 1. The standard InChI is InChI=1S/C10H18INO2/c1-10(2,3)8-6-7(11)4-5-12(8)9(13)14/h7-8H,4-6H2,1-3H3,(H,13,14)/p-1. The van der Waals surface area contributed by atoms with Gasteiger partial charge in [-0.2, -0.15) is 0 Å². The van der Waals surface area contributed by atoms with Gasteiger partial charge in [-0.3, -0.25) is 0 Å². The minimum absolute atomic E-state index is 0.00388. The Bertz CT molecular complexity index is 225. The normalized spacial score (nSPS) is 29.0. The van der Waals surface area contributed by atoms with Crippen LogP contribution in [0.1, 0.15) is 33.6 Å². The maximum atomic E-state index is 10.9. The molecule has 1 saturated heterocycles. The van der Waals surface area contributed by atoms with Gasteiger partial charge in [0, 0.05) is 16.5 Å². The van der Waals surface area contributed by atoms with Crippen LogP contribution in [-0.4, -0.2) is 27.5 Å². The molecule has 0 aliphatic carbocycles. The summed E-state index contributed by atoms with van der Waals surface area (Å²) in [6.45, 7) is 6.88. The van der Waals surface area contributed by atoms with Crippen LogP contribution in [0.15, 0.2) is 0 Å². The second-order valence-corrected chi connectivity index (χ2v) is 6.72. The lowest BCUT2D eigenvalue weighted by Crippen LogP contribution is -2.56. The van der Waals surface area contributed by atoms with E-state index < -0.39 is 6.09 Å². The van der Waals surface area contributed by atoms with Crippen molar-refractivity contribution >= 4 is 28.7 Å². The minimum Gasteiger partial charge on any atom is -0.530 e. The number of nitrogens with zero attached hydrogens (tertiary/aromatic N) is 1. The number of carbonyl (C=O) groups excluding carboxylic acids is 1. The Hall–Kier alpha value is 0. The molecule has 0 spiro atoms. The fraction of sp³-hybridized carbons (Fsp3) is 0.900. The van der Waals surface area contributed by atoms with Gasteiger partial charge in [0.05, 0.1) is 0 Å². The third kappa shape index (κ3) is 2.74. The van der Waals surface area contributed by atoms with Gasteiger partial charge in [0.2, 0.25) is 0 Å². The highest BCUT2D eigenvalue weighted by molar-refractivity contribution is 14.1. The van der Waals surface area contributed by atoms with E-state index in [-0.39, 0.29) is 11.5 Å². The molecule has 0 N–H and O–H groups in total. The number of rotatable bonds is 0. The minimum atomic E-state index is -1.02. The highest BCUT2D eigenvalue weighted by Gasteiger charge is 2.35. The summed E-state index contributed by atoms with van der Waals surface area (Å²) in [6.07, 6.45) is 0.868. The van der Waals surface area contributed by atoms with Crippen molar-refractivity contribution in [1.29, 1.82) is 0 Å². The van der Waals surface area contributed by atoms with Crippen molar-refractivity contribution in [2.45, 2.75) is 43.6 Å². The van der Waals surface area contributed by atoms with Crippen molar-refractivity contribution in [2.75, 3.05) is 6.54 Å². The van der Waals surface area contributed by atoms with Gasteiger partial charge in [-0.05, 0) is 18.3 Å². The lowest BCUT2D eigenvalue weighted by atomic mass is 9.81.